The van der Waals surface area contributed by atoms with E-state index in [1.54, 1.807) is 34.6 Å². The maximum atomic E-state index is 12.7. The van der Waals surface area contributed by atoms with Gasteiger partial charge in [0.25, 0.3) is 0 Å². The van der Waals surface area contributed by atoms with Gasteiger partial charge in [0.2, 0.25) is 10.0 Å². The summed E-state index contributed by atoms with van der Waals surface area (Å²) in [5.41, 5.74) is 0.751. The summed E-state index contributed by atoms with van der Waals surface area (Å²) >= 11 is 5.13. The Kier molecular flexibility index (Phi) is 6.56. The molecule has 0 atom stereocenters. The monoisotopic (exact) mass is 353 g/mol. The Morgan fingerprint density at radius 3 is 2.35 bits per heavy atom. The van der Waals surface area contributed by atoms with E-state index in [4.69, 9.17) is 12.2 Å². The second kappa shape index (κ2) is 8.42. The molecule has 1 aromatic rings. The number of hydrogen-bond acceptors (Lipinski definition) is 3. The van der Waals surface area contributed by atoms with Gasteiger partial charge in [0.1, 0.15) is 0 Å². The molecule has 7 heteroatoms. The third-order valence-electron chi connectivity index (χ3n) is 3.72. The molecule has 1 heterocycles. The highest BCUT2D eigenvalue weighted by Crippen LogP contribution is 2.21. The Labute approximate surface area is 143 Å². The van der Waals surface area contributed by atoms with Crippen LogP contribution in [0.3, 0.4) is 0 Å². The minimum Gasteiger partial charge on any atom is -0.359 e. The molecule has 23 heavy (non-hydrogen) atoms. The molecule has 1 saturated heterocycles. The van der Waals surface area contributed by atoms with Crippen LogP contribution in [0.25, 0.3) is 0 Å². The number of anilines is 1. The molecule has 0 spiro atoms. The van der Waals surface area contributed by atoms with Crippen LogP contribution in [0.2, 0.25) is 0 Å². The minimum atomic E-state index is -3.40. The van der Waals surface area contributed by atoms with Gasteiger partial charge < -0.3 is 10.6 Å². The van der Waals surface area contributed by atoms with Crippen molar-refractivity contribution < 1.29 is 8.42 Å². The van der Waals surface area contributed by atoms with Crippen LogP contribution in [-0.2, 0) is 10.0 Å². The molecule has 2 rings (SSSR count). The van der Waals surface area contributed by atoms with E-state index < -0.39 is 10.0 Å². The molecule has 0 aromatic heterocycles. The fourth-order valence-corrected chi connectivity index (χ4v) is 4.20. The summed E-state index contributed by atoms with van der Waals surface area (Å²) in [4.78, 5) is 0.329. The summed E-state index contributed by atoms with van der Waals surface area (Å²) in [6, 6.07) is 6.70. The summed E-state index contributed by atoms with van der Waals surface area (Å²) in [5, 5.41) is 6.45. The standard InChI is InChI=1S/C16H23N3O2S2/c1-2-11-17-16(22)18-14-7-9-15(10-8-14)23(20,21)19-12-5-3-4-6-13-19/h2,7-10H,1,3-6,11-13H2,(H2,17,18,22). The Hall–Kier alpha value is -1.44. The van der Waals surface area contributed by atoms with Gasteiger partial charge in [-0.25, -0.2) is 8.42 Å². The zero-order valence-corrected chi connectivity index (χ0v) is 14.8. The van der Waals surface area contributed by atoms with E-state index in [1.165, 1.54) is 0 Å². The molecule has 5 nitrogen and oxygen atoms in total. The van der Waals surface area contributed by atoms with E-state index in [9.17, 15) is 8.42 Å². The lowest BCUT2D eigenvalue weighted by molar-refractivity contribution is 0.424. The molecule has 1 aliphatic heterocycles. The Morgan fingerprint density at radius 2 is 1.78 bits per heavy atom. The first-order chi connectivity index (χ1) is 11.0. The lowest BCUT2D eigenvalue weighted by Gasteiger charge is -2.20. The maximum absolute atomic E-state index is 12.7. The third-order valence-corrected chi connectivity index (χ3v) is 5.88. The van der Waals surface area contributed by atoms with Gasteiger partial charge in [0.05, 0.1) is 4.90 Å². The predicted molar refractivity (Wildman–Crippen MR) is 98.1 cm³/mol. The average molecular weight is 354 g/mol. The quantitative estimate of drug-likeness (QED) is 0.630. The van der Waals surface area contributed by atoms with E-state index in [0.717, 1.165) is 31.4 Å². The first kappa shape index (κ1) is 17.9. The van der Waals surface area contributed by atoms with Crippen molar-refractivity contribution in [2.75, 3.05) is 25.0 Å². The van der Waals surface area contributed by atoms with E-state index in [1.807, 2.05) is 0 Å². The van der Waals surface area contributed by atoms with Crippen LogP contribution in [0.15, 0.2) is 41.8 Å². The van der Waals surface area contributed by atoms with Gasteiger partial charge >= 0.3 is 0 Å². The molecule has 1 aromatic carbocycles. The number of rotatable bonds is 5. The van der Waals surface area contributed by atoms with Crippen LogP contribution >= 0.6 is 12.2 Å². The largest absolute Gasteiger partial charge is 0.359 e. The highest BCUT2D eigenvalue weighted by Gasteiger charge is 2.24. The van der Waals surface area contributed by atoms with Crippen LogP contribution in [0.4, 0.5) is 5.69 Å². The number of nitrogens with zero attached hydrogens (tertiary/aromatic N) is 1. The molecular formula is C16H23N3O2S2. The zero-order valence-electron chi connectivity index (χ0n) is 13.1. The molecular weight excluding hydrogens is 330 g/mol. The highest BCUT2D eigenvalue weighted by molar-refractivity contribution is 7.89. The third kappa shape index (κ3) is 5.02. The number of sulfonamides is 1. The number of thiocarbonyl (C=S) groups is 1. The van der Waals surface area contributed by atoms with Crippen molar-refractivity contribution in [3.05, 3.63) is 36.9 Å². The number of hydrogen-bond donors (Lipinski definition) is 2. The molecule has 0 unspecified atom stereocenters. The van der Waals surface area contributed by atoms with Gasteiger partial charge in [-0.1, -0.05) is 18.9 Å². The summed E-state index contributed by atoms with van der Waals surface area (Å²) < 4.78 is 26.9. The van der Waals surface area contributed by atoms with Gasteiger partial charge in [0.15, 0.2) is 5.11 Å². The average Bonchev–Trinajstić information content (AvgIpc) is 2.83. The van der Waals surface area contributed by atoms with Gasteiger partial charge in [-0.3, -0.25) is 0 Å². The van der Waals surface area contributed by atoms with Gasteiger partial charge in [-0.05, 0) is 49.3 Å². The predicted octanol–water partition coefficient (Wildman–Crippen LogP) is 2.72. The van der Waals surface area contributed by atoms with Gasteiger partial charge in [0, 0.05) is 25.3 Å². The molecule has 126 valence electrons. The molecule has 0 bridgehead atoms. The number of benzene rings is 1. The summed E-state index contributed by atoms with van der Waals surface area (Å²) in [7, 11) is -3.40. The van der Waals surface area contributed by atoms with Crippen LogP contribution in [-0.4, -0.2) is 37.5 Å². The molecule has 0 radical (unpaired) electrons. The first-order valence-electron chi connectivity index (χ1n) is 7.80. The van der Waals surface area contributed by atoms with Crippen molar-refractivity contribution in [3.8, 4) is 0 Å². The van der Waals surface area contributed by atoms with Gasteiger partial charge in [-0.2, -0.15) is 4.31 Å². The molecule has 0 saturated carbocycles. The van der Waals surface area contributed by atoms with Crippen molar-refractivity contribution in [2.24, 2.45) is 0 Å². The minimum absolute atomic E-state index is 0.329. The zero-order chi connectivity index (χ0) is 16.7. The fourth-order valence-electron chi connectivity index (χ4n) is 2.48. The van der Waals surface area contributed by atoms with E-state index >= 15 is 0 Å². The lowest BCUT2D eigenvalue weighted by Crippen LogP contribution is -2.32. The van der Waals surface area contributed by atoms with Gasteiger partial charge in [-0.15, -0.1) is 6.58 Å². The second-order valence-corrected chi connectivity index (χ2v) is 7.81. The molecule has 0 amide bonds. The SMILES string of the molecule is C=CCNC(=S)Nc1ccc(S(=O)(=O)N2CCCCCC2)cc1. The second-order valence-electron chi connectivity index (χ2n) is 5.47. The van der Waals surface area contributed by atoms with Crippen LogP contribution in [0.5, 0.6) is 0 Å². The Morgan fingerprint density at radius 1 is 1.17 bits per heavy atom. The summed E-state index contributed by atoms with van der Waals surface area (Å²) in [5.74, 6) is 0. The van der Waals surface area contributed by atoms with Crippen molar-refractivity contribution in [1.29, 1.82) is 0 Å². The van der Waals surface area contributed by atoms with Crippen molar-refractivity contribution in [2.45, 2.75) is 30.6 Å². The molecule has 0 aliphatic carbocycles. The Balaban J connectivity index is 2.05. The molecule has 2 N–H and O–H groups in total. The van der Waals surface area contributed by atoms with E-state index in [-0.39, 0.29) is 0 Å². The summed E-state index contributed by atoms with van der Waals surface area (Å²) in [6.45, 7) is 5.40. The number of nitrogens with one attached hydrogen (secondary N) is 2. The van der Waals surface area contributed by atoms with Crippen LogP contribution in [0, 0.1) is 0 Å². The molecule has 1 fully saturated rings. The lowest BCUT2D eigenvalue weighted by atomic mass is 10.2. The topological polar surface area (TPSA) is 61.4 Å². The summed E-state index contributed by atoms with van der Waals surface area (Å²) in [6.07, 6.45) is 5.78. The Bertz CT molecular complexity index is 634. The van der Waals surface area contributed by atoms with Crippen molar-refractivity contribution in [1.82, 2.24) is 9.62 Å². The van der Waals surface area contributed by atoms with Crippen LogP contribution < -0.4 is 10.6 Å². The maximum Gasteiger partial charge on any atom is 0.243 e. The normalized spacial score (nSPS) is 16.3. The smallest absolute Gasteiger partial charge is 0.243 e. The van der Waals surface area contributed by atoms with E-state index in [2.05, 4.69) is 17.2 Å². The first-order valence-corrected chi connectivity index (χ1v) is 9.65. The fraction of sp³-hybridized carbons (Fsp3) is 0.438. The van der Waals surface area contributed by atoms with Crippen molar-refractivity contribution in [3.63, 3.8) is 0 Å². The molecule has 1 aliphatic rings. The highest BCUT2D eigenvalue weighted by atomic mass is 32.2. The van der Waals surface area contributed by atoms with Crippen LogP contribution in [0.1, 0.15) is 25.7 Å². The van der Waals surface area contributed by atoms with Crippen molar-refractivity contribution >= 4 is 33.0 Å². The van der Waals surface area contributed by atoms with E-state index in [0.29, 0.717) is 29.6 Å².